The first-order valence-electron chi connectivity index (χ1n) is 6.02. The van der Waals surface area contributed by atoms with Gasteiger partial charge in [0.05, 0.1) is 11.6 Å². The molecule has 2 N–H and O–H groups in total. The molecule has 0 unspecified atom stereocenters. The average molecular weight is 341 g/mol. The Balaban J connectivity index is 1.90. The zero-order valence-electron chi connectivity index (χ0n) is 10.4. The van der Waals surface area contributed by atoms with E-state index in [1.165, 1.54) is 0 Å². The van der Waals surface area contributed by atoms with Crippen molar-refractivity contribution in [3.63, 3.8) is 0 Å². The van der Waals surface area contributed by atoms with Gasteiger partial charge in [0.25, 0.3) is 0 Å². The Morgan fingerprint density at radius 1 is 1.00 bits per heavy atom. The molecule has 0 aliphatic heterocycles. The van der Waals surface area contributed by atoms with Gasteiger partial charge in [-0.1, -0.05) is 41.9 Å². The molecule has 4 heteroatoms. The van der Waals surface area contributed by atoms with Gasteiger partial charge in [0.15, 0.2) is 0 Å². The van der Waals surface area contributed by atoms with Crippen molar-refractivity contribution in [3.8, 4) is 0 Å². The first-order chi connectivity index (χ1) is 9.19. The predicted molar refractivity (Wildman–Crippen MR) is 82.1 cm³/mol. The van der Waals surface area contributed by atoms with E-state index in [4.69, 9.17) is 16.7 Å². The van der Waals surface area contributed by atoms with Gasteiger partial charge in [-0.05, 0) is 44.8 Å². The Labute approximate surface area is 126 Å². The standard InChI is InChI=1S/C15H15BrClNO/c16-14-5-4-12(7-15(14)17)9-18-8-11-2-1-3-13(6-11)10-19/h1-7,18-19H,8-10H2. The lowest BCUT2D eigenvalue weighted by Crippen LogP contribution is -2.12. The van der Waals surface area contributed by atoms with Gasteiger partial charge in [-0.15, -0.1) is 0 Å². The third-order valence-corrected chi connectivity index (χ3v) is 4.05. The molecule has 0 aromatic heterocycles. The molecule has 0 amide bonds. The minimum Gasteiger partial charge on any atom is -0.392 e. The molecule has 0 saturated heterocycles. The zero-order chi connectivity index (χ0) is 13.7. The van der Waals surface area contributed by atoms with Gasteiger partial charge in [-0.2, -0.15) is 0 Å². The van der Waals surface area contributed by atoms with Gasteiger partial charge < -0.3 is 10.4 Å². The van der Waals surface area contributed by atoms with E-state index < -0.39 is 0 Å². The van der Waals surface area contributed by atoms with Crippen molar-refractivity contribution in [3.05, 3.63) is 68.7 Å². The maximum absolute atomic E-state index is 9.08. The van der Waals surface area contributed by atoms with Gasteiger partial charge in [-0.3, -0.25) is 0 Å². The minimum absolute atomic E-state index is 0.0795. The number of nitrogens with one attached hydrogen (secondary N) is 1. The molecular formula is C15H15BrClNO. The Morgan fingerprint density at radius 3 is 2.37 bits per heavy atom. The summed E-state index contributed by atoms with van der Waals surface area (Å²) in [7, 11) is 0. The summed E-state index contributed by atoms with van der Waals surface area (Å²) in [6.07, 6.45) is 0. The summed E-state index contributed by atoms with van der Waals surface area (Å²) in [5, 5.41) is 13.2. The Morgan fingerprint density at radius 2 is 1.68 bits per heavy atom. The van der Waals surface area contributed by atoms with E-state index in [0.29, 0.717) is 0 Å². The molecule has 2 aromatic rings. The number of aliphatic hydroxyl groups excluding tert-OH is 1. The minimum atomic E-state index is 0.0795. The molecule has 2 nitrogen and oxygen atoms in total. The molecule has 0 saturated carbocycles. The molecule has 100 valence electrons. The van der Waals surface area contributed by atoms with Crippen LogP contribution in [0, 0.1) is 0 Å². The van der Waals surface area contributed by atoms with Crippen LogP contribution in [-0.2, 0) is 19.7 Å². The van der Waals surface area contributed by atoms with Crippen molar-refractivity contribution in [1.29, 1.82) is 0 Å². The van der Waals surface area contributed by atoms with Gasteiger partial charge >= 0.3 is 0 Å². The lowest BCUT2D eigenvalue weighted by Gasteiger charge is -2.07. The van der Waals surface area contributed by atoms with Crippen molar-refractivity contribution in [2.45, 2.75) is 19.7 Å². The topological polar surface area (TPSA) is 32.3 Å². The number of hydrogen-bond donors (Lipinski definition) is 2. The van der Waals surface area contributed by atoms with E-state index in [0.717, 1.165) is 39.3 Å². The summed E-state index contributed by atoms with van der Waals surface area (Å²) in [5.74, 6) is 0. The van der Waals surface area contributed by atoms with Crippen LogP contribution in [0.3, 0.4) is 0 Å². The van der Waals surface area contributed by atoms with Crippen molar-refractivity contribution in [2.75, 3.05) is 0 Å². The van der Waals surface area contributed by atoms with Crippen molar-refractivity contribution in [1.82, 2.24) is 5.32 Å². The molecule has 19 heavy (non-hydrogen) atoms. The number of aliphatic hydroxyl groups is 1. The molecule has 0 aliphatic rings. The third kappa shape index (κ3) is 4.32. The van der Waals surface area contributed by atoms with Crippen LogP contribution in [0.5, 0.6) is 0 Å². The summed E-state index contributed by atoms with van der Waals surface area (Å²) in [6, 6.07) is 13.8. The molecule has 0 fully saturated rings. The highest BCUT2D eigenvalue weighted by molar-refractivity contribution is 9.10. The van der Waals surface area contributed by atoms with E-state index in [-0.39, 0.29) is 6.61 Å². The van der Waals surface area contributed by atoms with Gasteiger partial charge in [0.2, 0.25) is 0 Å². The second-order valence-electron chi connectivity index (χ2n) is 4.33. The summed E-state index contributed by atoms with van der Waals surface area (Å²) < 4.78 is 0.911. The normalized spacial score (nSPS) is 10.7. The van der Waals surface area contributed by atoms with E-state index in [9.17, 15) is 0 Å². The molecule has 2 aromatic carbocycles. The largest absolute Gasteiger partial charge is 0.392 e. The van der Waals surface area contributed by atoms with Crippen LogP contribution in [-0.4, -0.2) is 5.11 Å². The van der Waals surface area contributed by atoms with Crippen molar-refractivity contribution in [2.24, 2.45) is 0 Å². The molecule has 0 bridgehead atoms. The fourth-order valence-corrected chi connectivity index (χ4v) is 2.29. The smallest absolute Gasteiger partial charge is 0.0681 e. The summed E-state index contributed by atoms with van der Waals surface area (Å²) in [4.78, 5) is 0. The molecule has 0 atom stereocenters. The molecule has 2 rings (SSSR count). The number of benzene rings is 2. The van der Waals surface area contributed by atoms with Crippen LogP contribution in [0.2, 0.25) is 5.02 Å². The zero-order valence-corrected chi connectivity index (χ0v) is 12.7. The van der Waals surface area contributed by atoms with Crippen molar-refractivity contribution >= 4 is 27.5 Å². The molecule has 0 heterocycles. The first-order valence-corrected chi connectivity index (χ1v) is 7.19. The van der Waals surface area contributed by atoms with E-state index in [1.807, 2.05) is 42.5 Å². The fourth-order valence-electron chi connectivity index (χ4n) is 1.84. The van der Waals surface area contributed by atoms with Crippen LogP contribution >= 0.6 is 27.5 Å². The highest BCUT2D eigenvalue weighted by Crippen LogP contribution is 2.23. The lowest BCUT2D eigenvalue weighted by molar-refractivity contribution is 0.281. The van der Waals surface area contributed by atoms with Crippen LogP contribution in [0.15, 0.2) is 46.9 Å². The van der Waals surface area contributed by atoms with Gasteiger partial charge in [0.1, 0.15) is 0 Å². The Bertz CT molecular complexity index is 560. The molecule has 0 spiro atoms. The second-order valence-corrected chi connectivity index (χ2v) is 5.59. The molecule has 0 aliphatic carbocycles. The quantitative estimate of drug-likeness (QED) is 0.865. The lowest BCUT2D eigenvalue weighted by atomic mass is 10.1. The maximum Gasteiger partial charge on any atom is 0.0681 e. The SMILES string of the molecule is OCc1cccc(CNCc2ccc(Br)c(Cl)c2)c1. The monoisotopic (exact) mass is 339 g/mol. The second kappa shape index (κ2) is 7.06. The fraction of sp³-hybridized carbons (Fsp3) is 0.200. The summed E-state index contributed by atoms with van der Waals surface area (Å²) >= 11 is 9.42. The number of hydrogen-bond acceptors (Lipinski definition) is 2. The van der Waals surface area contributed by atoms with Gasteiger partial charge in [-0.25, -0.2) is 0 Å². The maximum atomic E-state index is 9.08. The van der Waals surface area contributed by atoms with E-state index in [2.05, 4.69) is 21.2 Å². The van der Waals surface area contributed by atoms with Crippen molar-refractivity contribution < 1.29 is 5.11 Å². The number of rotatable bonds is 5. The Hall–Kier alpha value is -0.870. The van der Waals surface area contributed by atoms with Crippen LogP contribution < -0.4 is 5.32 Å². The first kappa shape index (κ1) is 14.5. The average Bonchev–Trinajstić information content (AvgIpc) is 2.43. The Kier molecular flexibility index (Phi) is 5.40. The van der Waals surface area contributed by atoms with E-state index >= 15 is 0 Å². The third-order valence-electron chi connectivity index (χ3n) is 2.82. The van der Waals surface area contributed by atoms with Crippen LogP contribution in [0.1, 0.15) is 16.7 Å². The van der Waals surface area contributed by atoms with E-state index in [1.54, 1.807) is 0 Å². The molecule has 0 radical (unpaired) electrons. The summed E-state index contributed by atoms with van der Waals surface area (Å²) in [5.41, 5.74) is 3.24. The van der Waals surface area contributed by atoms with Gasteiger partial charge in [0, 0.05) is 17.6 Å². The highest BCUT2D eigenvalue weighted by atomic mass is 79.9. The van der Waals surface area contributed by atoms with Crippen LogP contribution in [0.4, 0.5) is 0 Å². The number of halogens is 2. The van der Waals surface area contributed by atoms with Crippen LogP contribution in [0.25, 0.3) is 0 Å². The predicted octanol–water partition coefficient (Wildman–Crippen LogP) is 3.88. The molecular weight excluding hydrogens is 326 g/mol. The highest BCUT2D eigenvalue weighted by Gasteiger charge is 2.00. The summed E-state index contributed by atoms with van der Waals surface area (Å²) in [6.45, 7) is 1.61.